The molecule has 1 aromatic heterocycles. The van der Waals surface area contributed by atoms with Gasteiger partial charge in [-0.2, -0.15) is 0 Å². The number of hydrogen-bond donors (Lipinski definition) is 1. The van der Waals surface area contributed by atoms with Crippen molar-refractivity contribution >= 4 is 26.5 Å². The molecule has 1 rings (SSSR count). The quantitative estimate of drug-likeness (QED) is 0.853. The Bertz CT molecular complexity index is 413. The van der Waals surface area contributed by atoms with Crippen LogP contribution in [0.25, 0.3) is 0 Å². The summed E-state index contributed by atoms with van der Waals surface area (Å²) in [4.78, 5) is 4.89. The maximum Gasteiger partial charge on any atom is 0.237 e. The number of aryl methyl sites for hydroxylation is 1. The van der Waals surface area contributed by atoms with Crippen molar-refractivity contribution < 1.29 is 13.2 Å². The molecule has 1 atom stereocenters. The first-order valence-corrected chi connectivity index (χ1v) is 6.85. The van der Waals surface area contributed by atoms with Crippen molar-refractivity contribution in [2.24, 2.45) is 0 Å². The molecular weight excluding hydrogens is 236 g/mol. The molecular formula is C8H14N2O3S2. The van der Waals surface area contributed by atoms with Gasteiger partial charge in [0.1, 0.15) is 0 Å². The Labute approximate surface area is 93.5 Å². The number of thiazole rings is 1. The van der Waals surface area contributed by atoms with Crippen molar-refractivity contribution in [2.45, 2.75) is 20.0 Å². The Morgan fingerprint density at radius 1 is 1.67 bits per heavy atom. The second-order valence-corrected chi connectivity index (χ2v) is 6.21. The highest BCUT2D eigenvalue weighted by atomic mass is 32.2. The molecule has 7 heteroatoms. The Kier molecular flexibility index (Phi) is 4.06. The lowest BCUT2D eigenvalue weighted by Crippen LogP contribution is -2.25. The van der Waals surface area contributed by atoms with Crippen LogP contribution < -0.4 is 4.72 Å². The molecule has 0 aliphatic heterocycles. The summed E-state index contributed by atoms with van der Waals surface area (Å²) in [5.41, 5.74) is 0. The third-order valence-corrected chi connectivity index (χ3v) is 4.09. The van der Waals surface area contributed by atoms with Gasteiger partial charge in [0, 0.05) is 18.2 Å². The van der Waals surface area contributed by atoms with Crippen LogP contribution in [-0.2, 0) is 14.8 Å². The fraction of sp³-hybridized carbons (Fsp3) is 0.625. The lowest BCUT2D eigenvalue weighted by molar-refractivity contribution is 0.136. The van der Waals surface area contributed by atoms with E-state index in [2.05, 4.69) is 9.71 Å². The smallest absolute Gasteiger partial charge is 0.237 e. The van der Waals surface area contributed by atoms with Gasteiger partial charge >= 0.3 is 0 Å². The van der Waals surface area contributed by atoms with Gasteiger partial charge in [-0.15, -0.1) is 11.3 Å². The van der Waals surface area contributed by atoms with Crippen LogP contribution in [0.5, 0.6) is 0 Å². The molecule has 0 aromatic carbocycles. The summed E-state index contributed by atoms with van der Waals surface area (Å²) < 4.78 is 30.4. The average Bonchev–Trinajstić information content (AvgIpc) is 2.49. The van der Waals surface area contributed by atoms with E-state index in [1.54, 1.807) is 13.1 Å². The van der Waals surface area contributed by atoms with Crippen molar-refractivity contribution in [3.8, 4) is 0 Å². The zero-order valence-electron chi connectivity index (χ0n) is 8.85. The predicted octanol–water partition coefficient (Wildman–Crippen LogP) is 1.23. The number of methoxy groups -OCH3 is 1. The average molecular weight is 250 g/mol. The maximum atomic E-state index is 11.6. The molecule has 0 bridgehead atoms. The summed E-state index contributed by atoms with van der Waals surface area (Å²) in [7, 11) is -1.88. The molecule has 0 saturated carbocycles. The molecule has 1 aromatic rings. The van der Waals surface area contributed by atoms with Gasteiger partial charge in [0.2, 0.25) is 10.0 Å². The summed E-state index contributed by atoms with van der Waals surface area (Å²) >= 11 is 1.31. The summed E-state index contributed by atoms with van der Waals surface area (Å²) in [5, 5.41) is 0.399. The number of ether oxygens (including phenoxy) is 1. The second-order valence-electron chi connectivity index (χ2n) is 3.21. The van der Waals surface area contributed by atoms with Crippen LogP contribution in [0.4, 0.5) is 5.13 Å². The molecule has 0 unspecified atom stereocenters. The van der Waals surface area contributed by atoms with E-state index in [4.69, 9.17) is 4.74 Å². The molecule has 0 aliphatic carbocycles. The van der Waals surface area contributed by atoms with E-state index < -0.39 is 10.0 Å². The SMILES string of the molecule is CO[C@@H](C)CS(=O)(=O)Nc1ncc(C)s1. The van der Waals surface area contributed by atoms with Crippen LogP contribution >= 0.6 is 11.3 Å². The number of sulfonamides is 1. The van der Waals surface area contributed by atoms with E-state index in [-0.39, 0.29) is 11.9 Å². The van der Waals surface area contributed by atoms with Crippen LogP contribution in [0.15, 0.2) is 6.20 Å². The van der Waals surface area contributed by atoms with E-state index in [0.717, 1.165) is 4.88 Å². The largest absolute Gasteiger partial charge is 0.381 e. The third-order valence-electron chi connectivity index (χ3n) is 1.72. The summed E-state index contributed by atoms with van der Waals surface area (Å²) in [6.45, 7) is 3.57. The lowest BCUT2D eigenvalue weighted by Gasteiger charge is -2.09. The molecule has 0 radical (unpaired) electrons. The van der Waals surface area contributed by atoms with Gasteiger partial charge in [0.25, 0.3) is 0 Å². The van der Waals surface area contributed by atoms with Crippen LogP contribution in [0, 0.1) is 6.92 Å². The standard InChI is InChI=1S/C8H14N2O3S2/c1-6(13-3)5-15(11,12)10-8-9-4-7(2)14-8/h4,6H,5H2,1-3H3,(H,9,10)/t6-/m0/s1. The Hall–Kier alpha value is -0.660. The fourth-order valence-corrected chi connectivity index (χ4v) is 3.17. The lowest BCUT2D eigenvalue weighted by atomic mass is 10.5. The second kappa shape index (κ2) is 4.91. The Balaban J connectivity index is 2.64. The maximum absolute atomic E-state index is 11.6. The highest BCUT2D eigenvalue weighted by Gasteiger charge is 2.16. The van der Waals surface area contributed by atoms with Crippen molar-refractivity contribution in [3.63, 3.8) is 0 Å². The molecule has 1 N–H and O–H groups in total. The minimum Gasteiger partial charge on any atom is -0.381 e. The Morgan fingerprint density at radius 2 is 2.33 bits per heavy atom. The molecule has 0 fully saturated rings. The summed E-state index contributed by atoms with van der Waals surface area (Å²) in [5.74, 6) is -0.0673. The number of nitrogens with zero attached hydrogens (tertiary/aromatic N) is 1. The topological polar surface area (TPSA) is 68.3 Å². The van der Waals surface area contributed by atoms with Gasteiger partial charge in [-0.1, -0.05) is 0 Å². The molecule has 0 aliphatic rings. The van der Waals surface area contributed by atoms with Gasteiger partial charge in [-0.25, -0.2) is 13.4 Å². The highest BCUT2D eigenvalue weighted by Crippen LogP contribution is 2.18. The zero-order valence-corrected chi connectivity index (χ0v) is 10.5. The van der Waals surface area contributed by atoms with Crippen LogP contribution in [-0.4, -0.2) is 32.4 Å². The van der Waals surface area contributed by atoms with Gasteiger partial charge in [0.15, 0.2) is 5.13 Å². The molecule has 86 valence electrons. The van der Waals surface area contributed by atoms with E-state index in [1.165, 1.54) is 18.4 Å². The number of aromatic nitrogens is 1. The molecule has 5 nitrogen and oxygen atoms in total. The van der Waals surface area contributed by atoms with Crippen LogP contribution in [0.1, 0.15) is 11.8 Å². The van der Waals surface area contributed by atoms with Crippen molar-refractivity contribution in [1.82, 2.24) is 4.98 Å². The first-order chi connectivity index (χ1) is 6.93. The van der Waals surface area contributed by atoms with Crippen LogP contribution in [0.3, 0.4) is 0 Å². The molecule has 15 heavy (non-hydrogen) atoms. The minimum absolute atomic E-state index is 0.0673. The van der Waals surface area contributed by atoms with Gasteiger partial charge < -0.3 is 4.74 Å². The number of hydrogen-bond acceptors (Lipinski definition) is 5. The zero-order chi connectivity index (χ0) is 11.5. The van der Waals surface area contributed by atoms with E-state index in [1.807, 2.05) is 6.92 Å². The number of nitrogens with one attached hydrogen (secondary N) is 1. The first-order valence-electron chi connectivity index (χ1n) is 4.38. The normalized spacial score (nSPS) is 13.8. The fourth-order valence-electron chi connectivity index (χ4n) is 0.954. The Morgan fingerprint density at radius 3 is 2.80 bits per heavy atom. The molecule has 0 spiro atoms. The predicted molar refractivity (Wildman–Crippen MR) is 60.7 cm³/mol. The molecule has 1 heterocycles. The molecule has 0 amide bonds. The van der Waals surface area contributed by atoms with Gasteiger partial charge in [-0.3, -0.25) is 4.72 Å². The monoisotopic (exact) mass is 250 g/mol. The van der Waals surface area contributed by atoms with Crippen molar-refractivity contribution in [3.05, 3.63) is 11.1 Å². The number of anilines is 1. The van der Waals surface area contributed by atoms with Gasteiger partial charge in [0.05, 0.1) is 11.9 Å². The van der Waals surface area contributed by atoms with E-state index >= 15 is 0 Å². The number of rotatable bonds is 5. The molecule has 0 saturated heterocycles. The van der Waals surface area contributed by atoms with Crippen molar-refractivity contribution in [2.75, 3.05) is 17.6 Å². The highest BCUT2D eigenvalue weighted by molar-refractivity contribution is 7.92. The summed E-state index contributed by atoms with van der Waals surface area (Å²) in [6, 6.07) is 0. The first kappa shape index (κ1) is 12.4. The third kappa shape index (κ3) is 4.15. The van der Waals surface area contributed by atoms with Crippen molar-refractivity contribution in [1.29, 1.82) is 0 Å². The minimum atomic E-state index is -3.36. The summed E-state index contributed by atoms with van der Waals surface area (Å²) in [6.07, 6.45) is 1.30. The van der Waals surface area contributed by atoms with E-state index in [0.29, 0.717) is 5.13 Å². The van der Waals surface area contributed by atoms with E-state index in [9.17, 15) is 8.42 Å². The van der Waals surface area contributed by atoms with Gasteiger partial charge in [-0.05, 0) is 13.8 Å². The van der Waals surface area contributed by atoms with Crippen LogP contribution in [0.2, 0.25) is 0 Å².